The number of carbonyl (C=O) groups is 1. The first-order valence-corrected chi connectivity index (χ1v) is 10.2. The molecule has 134 valence electrons. The van der Waals surface area contributed by atoms with Gasteiger partial charge in [-0.1, -0.05) is 6.07 Å². The van der Waals surface area contributed by atoms with Gasteiger partial charge in [0.25, 0.3) is 0 Å². The van der Waals surface area contributed by atoms with Crippen LogP contribution in [0.2, 0.25) is 0 Å². The van der Waals surface area contributed by atoms with Crippen LogP contribution in [0.25, 0.3) is 0 Å². The topological polar surface area (TPSA) is 75.7 Å². The van der Waals surface area contributed by atoms with Crippen molar-refractivity contribution < 1.29 is 17.9 Å². The maximum atomic E-state index is 12.3. The van der Waals surface area contributed by atoms with E-state index in [1.807, 2.05) is 7.05 Å². The van der Waals surface area contributed by atoms with E-state index in [0.717, 1.165) is 25.9 Å². The highest BCUT2D eigenvalue weighted by Crippen LogP contribution is 2.17. The summed E-state index contributed by atoms with van der Waals surface area (Å²) in [5.41, 5.74) is 0. The molecule has 1 aliphatic heterocycles. The number of rotatable bonds is 7. The van der Waals surface area contributed by atoms with Crippen LogP contribution >= 0.6 is 0 Å². The maximum Gasteiger partial charge on any atom is 0.226 e. The Balaban J connectivity index is 1.75. The average molecular weight is 354 g/mol. The van der Waals surface area contributed by atoms with E-state index in [9.17, 15) is 13.2 Å². The monoisotopic (exact) mass is 354 g/mol. The molecule has 1 aromatic rings. The summed E-state index contributed by atoms with van der Waals surface area (Å²) in [7, 11) is -1.41. The average Bonchev–Trinajstić information content (AvgIpc) is 2.58. The van der Waals surface area contributed by atoms with Crippen molar-refractivity contribution in [2.75, 3.05) is 39.5 Å². The van der Waals surface area contributed by atoms with Crippen molar-refractivity contribution in [2.45, 2.75) is 24.2 Å². The van der Waals surface area contributed by atoms with Crippen LogP contribution in [0.15, 0.2) is 29.2 Å². The summed E-state index contributed by atoms with van der Waals surface area (Å²) < 4.78 is 28.7. The molecule has 0 aliphatic carbocycles. The molecule has 1 amide bonds. The SMILES string of the molecule is CN(CCCOc1cccc(S(C)(=O)=O)c1)C(=O)C1CCCNC1. The second-order valence-corrected chi connectivity index (χ2v) is 8.27. The van der Waals surface area contributed by atoms with Crippen molar-refractivity contribution in [3.63, 3.8) is 0 Å². The number of benzene rings is 1. The molecule has 24 heavy (non-hydrogen) atoms. The van der Waals surface area contributed by atoms with E-state index in [0.29, 0.717) is 25.3 Å². The lowest BCUT2D eigenvalue weighted by Gasteiger charge is -2.27. The van der Waals surface area contributed by atoms with Gasteiger partial charge >= 0.3 is 0 Å². The van der Waals surface area contributed by atoms with Gasteiger partial charge in [-0.2, -0.15) is 0 Å². The predicted octanol–water partition coefficient (Wildman–Crippen LogP) is 1.32. The zero-order valence-electron chi connectivity index (χ0n) is 14.3. The van der Waals surface area contributed by atoms with Gasteiger partial charge in [-0.05, 0) is 44.0 Å². The number of carbonyl (C=O) groups excluding carboxylic acids is 1. The van der Waals surface area contributed by atoms with Crippen LogP contribution in [0.4, 0.5) is 0 Å². The molecule has 0 saturated carbocycles. The van der Waals surface area contributed by atoms with E-state index in [4.69, 9.17) is 4.74 Å². The molecule has 6 nitrogen and oxygen atoms in total. The van der Waals surface area contributed by atoms with Crippen molar-refractivity contribution in [3.8, 4) is 5.75 Å². The summed E-state index contributed by atoms with van der Waals surface area (Å²) in [5.74, 6) is 0.792. The van der Waals surface area contributed by atoms with Crippen LogP contribution in [0, 0.1) is 5.92 Å². The lowest BCUT2D eigenvalue weighted by Crippen LogP contribution is -2.41. The predicted molar refractivity (Wildman–Crippen MR) is 92.9 cm³/mol. The Labute approximate surface area is 144 Å². The number of amides is 1. The summed E-state index contributed by atoms with van der Waals surface area (Å²) in [6.45, 7) is 2.82. The number of hydrogen-bond acceptors (Lipinski definition) is 5. The summed E-state index contributed by atoms with van der Waals surface area (Å²) in [6, 6.07) is 6.47. The smallest absolute Gasteiger partial charge is 0.226 e. The minimum atomic E-state index is -3.23. The number of piperidine rings is 1. The molecule has 1 heterocycles. The van der Waals surface area contributed by atoms with E-state index in [-0.39, 0.29) is 16.7 Å². The van der Waals surface area contributed by atoms with Gasteiger partial charge in [0.1, 0.15) is 5.75 Å². The van der Waals surface area contributed by atoms with E-state index in [1.54, 1.807) is 23.1 Å². The highest BCUT2D eigenvalue weighted by Gasteiger charge is 2.23. The molecule has 0 spiro atoms. The highest BCUT2D eigenvalue weighted by molar-refractivity contribution is 7.90. The Morgan fingerprint density at radius 3 is 2.88 bits per heavy atom. The van der Waals surface area contributed by atoms with Crippen molar-refractivity contribution in [1.82, 2.24) is 10.2 Å². The zero-order chi connectivity index (χ0) is 17.6. The first-order valence-electron chi connectivity index (χ1n) is 8.26. The Morgan fingerprint density at radius 1 is 1.42 bits per heavy atom. The third-order valence-corrected chi connectivity index (χ3v) is 5.27. The second kappa shape index (κ2) is 8.48. The molecule has 2 rings (SSSR count). The van der Waals surface area contributed by atoms with Crippen LogP contribution in [-0.4, -0.2) is 58.8 Å². The van der Waals surface area contributed by atoms with Crippen LogP contribution in [0.1, 0.15) is 19.3 Å². The molecule has 1 saturated heterocycles. The molecule has 1 aliphatic rings. The number of ether oxygens (including phenoxy) is 1. The lowest BCUT2D eigenvalue weighted by molar-refractivity contribution is -0.134. The van der Waals surface area contributed by atoms with Gasteiger partial charge < -0.3 is 15.0 Å². The van der Waals surface area contributed by atoms with Crippen molar-refractivity contribution in [1.29, 1.82) is 0 Å². The summed E-state index contributed by atoms with van der Waals surface area (Å²) in [5, 5.41) is 3.26. The Morgan fingerprint density at radius 2 is 2.21 bits per heavy atom. The van der Waals surface area contributed by atoms with Crippen LogP contribution in [-0.2, 0) is 14.6 Å². The lowest BCUT2D eigenvalue weighted by atomic mass is 9.98. The molecular weight excluding hydrogens is 328 g/mol. The molecule has 1 aromatic carbocycles. The first kappa shape index (κ1) is 18.7. The molecule has 1 N–H and O–H groups in total. The number of nitrogens with one attached hydrogen (secondary N) is 1. The minimum Gasteiger partial charge on any atom is -0.493 e. The zero-order valence-corrected chi connectivity index (χ0v) is 15.1. The standard InChI is InChI=1S/C17H26N2O4S/c1-19(17(20)14-6-4-9-18-13-14)10-5-11-23-15-7-3-8-16(12-15)24(2,21)22/h3,7-8,12,14,18H,4-6,9-11,13H2,1-2H3. The highest BCUT2D eigenvalue weighted by atomic mass is 32.2. The molecule has 0 aromatic heterocycles. The van der Waals surface area contributed by atoms with Crippen LogP contribution in [0.5, 0.6) is 5.75 Å². The van der Waals surface area contributed by atoms with Gasteiger partial charge in [-0.3, -0.25) is 4.79 Å². The van der Waals surface area contributed by atoms with Crippen molar-refractivity contribution in [3.05, 3.63) is 24.3 Å². The van der Waals surface area contributed by atoms with E-state index in [2.05, 4.69) is 5.32 Å². The molecule has 0 radical (unpaired) electrons. The van der Waals surface area contributed by atoms with Gasteiger partial charge in [0.15, 0.2) is 9.84 Å². The number of hydrogen-bond donors (Lipinski definition) is 1. The van der Waals surface area contributed by atoms with Gasteiger partial charge in [0.2, 0.25) is 5.91 Å². The molecule has 1 atom stereocenters. The van der Waals surface area contributed by atoms with Gasteiger partial charge in [-0.15, -0.1) is 0 Å². The normalized spacial score (nSPS) is 18.2. The summed E-state index contributed by atoms with van der Waals surface area (Å²) in [4.78, 5) is 14.3. The first-order chi connectivity index (χ1) is 11.4. The van der Waals surface area contributed by atoms with Gasteiger partial charge in [0, 0.05) is 26.4 Å². The van der Waals surface area contributed by atoms with E-state index in [1.165, 1.54) is 12.3 Å². The fourth-order valence-electron chi connectivity index (χ4n) is 2.77. The third kappa shape index (κ3) is 5.49. The van der Waals surface area contributed by atoms with E-state index >= 15 is 0 Å². The summed E-state index contributed by atoms with van der Waals surface area (Å²) >= 11 is 0. The molecule has 7 heteroatoms. The van der Waals surface area contributed by atoms with Crippen molar-refractivity contribution >= 4 is 15.7 Å². The quantitative estimate of drug-likeness (QED) is 0.748. The largest absolute Gasteiger partial charge is 0.493 e. The second-order valence-electron chi connectivity index (χ2n) is 6.25. The molecular formula is C17H26N2O4S. The third-order valence-electron chi connectivity index (χ3n) is 4.16. The Hall–Kier alpha value is -1.60. The maximum absolute atomic E-state index is 12.3. The van der Waals surface area contributed by atoms with Crippen molar-refractivity contribution in [2.24, 2.45) is 5.92 Å². The summed E-state index contributed by atoms with van der Waals surface area (Å²) in [6.07, 6.45) is 3.87. The number of nitrogens with zero attached hydrogens (tertiary/aromatic N) is 1. The molecule has 0 bridgehead atoms. The fourth-order valence-corrected chi connectivity index (χ4v) is 3.43. The Bertz CT molecular complexity index is 654. The van der Waals surface area contributed by atoms with Gasteiger partial charge in [-0.25, -0.2) is 8.42 Å². The minimum absolute atomic E-state index is 0.0797. The molecule has 1 fully saturated rings. The fraction of sp³-hybridized carbons (Fsp3) is 0.588. The Kier molecular flexibility index (Phi) is 6.62. The number of sulfone groups is 1. The van der Waals surface area contributed by atoms with Gasteiger partial charge in [0.05, 0.1) is 17.4 Å². The van der Waals surface area contributed by atoms with E-state index < -0.39 is 9.84 Å². The molecule has 1 unspecified atom stereocenters. The van der Waals surface area contributed by atoms with Crippen LogP contribution in [0.3, 0.4) is 0 Å². The van der Waals surface area contributed by atoms with Crippen LogP contribution < -0.4 is 10.1 Å².